The van der Waals surface area contributed by atoms with Crippen LogP contribution in [0.15, 0.2) is 16.3 Å². The van der Waals surface area contributed by atoms with Crippen LogP contribution in [-0.2, 0) is 10.0 Å². The van der Waals surface area contributed by atoms with Crippen molar-refractivity contribution in [2.75, 3.05) is 13.1 Å². The van der Waals surface area contributed by atoms with Gasteiger partial charge in [0, 0.05) is 13.1 Å². The number of sulfonamides is 1. The smallest absolute Gasteiger partial charge is 0.347 e. The standard InChI is InChI=1S/C12H17NO4S2/c1-12(2)4-6-13(7-5-12)19(16,17)9-3-8-18-10(9)11(14)15/h3,8H,4-7H2,1-2H3,(H,14,15). The summed E-state index contributed by atoms with van der Waals surface area (Å²) in [7, 11) is -3.68. The van der Waals surface area contributed by atoms with Gasteiger partial charge in [0.1, 0.15) is 9.77 Å². The molecule has 1 fully saturated rings. The second kappa shape index (κ2) is 4.88. The number of hydrogen-bond donors (Lipinski definition) is 1. The maximum Gasteiger partial charge on any atom is 0.347 e. The van der Waals surface area contributed by atoms with Crippen molar-refractivity contribution in [3.05, 3.63) is 16.3 Å². The zero-order valence-electron chi connectivity index (χ0n) is 10.9. The molecule has 19 heavy (non-hydrogen) atoms. The molecule has 2 rings (SSSR count). The summed E-state index contributed by atoms with van der Waals surface area (Å²) in [6.07, 6.45) is 1.58. The summed E-state index contributed by atoms with van der Waals surface area (Å²) < 4.78 is 26.3. The number of rotatable bonds is 3. The van der Waals surface area contributed by atoms with Gasteiger partial charge in [0.2, 0.25) is 10.0 Å². The van der Waals surface area contributed by atoms with E-state index >= 15 is 0 Å². The molecular weight excluding hydrogens is 286 g/mol. The van der Waals surface area contributed by atoms with Crippen LogP contribution in [0.3, 0.4) is 0 Å². The van der Waals surface area contributed by atoms with Gasteiger partial charge in [-0.3, -0.25) is 0 Å². The first-order valence-corrected chi connectivity index (χ1v) is 8.37. The lowest BCUT2D eigenvalue weighted by molar-refractivity contribution is 0.0698. The lowest BCUT2D eigenvalue weighted by Gasteiger charge is -2.36. The molecule has 0 unspecified atom stereocenters. The van der Waals surface area contributed by atoms with Crippen LogP contribution in [0, 0.1) is 5.41 Å². The highest BCUT2D eigenvalue weighted by molar-refractivity contribution is 7.89. The van der Waals surface area contributed by atoms with Crippen LogP contribution < -0.4 is 0 Å². The molecule has 0 aliphatic carbocycles. The number of piperidine rings is 1. The molecule has 1 N–H and O–H groups in total. The molecule has 1 aromatic heterocycles. The van der Waals surface area contributed by atoms with Crippen LogP contribution in [0.1, 0.15) is 36.4 Å². The number of carboxylic acids is 1. The van der Waals surface area contributed by atoms with Gasteiger partial charge in [-0.05, 0) is 29.7 Å². The van der Waals surface area contributed by atoms with Crippen molar-refractivity contribution in [1.29, 1.82) is 0 Å². The van der Waals surface area contributed by atoms with E-state index in [1.54, 1.807) is 0 Å². The third kappa shape index (κ3) is 2.82. The van der Waals surface area contributed by atoms with Crippen molar-refractivity contribution < 1.29 is 18.3 Å². The highest BCUT2D eigenvalue weighted by Gasteiger charge is 2.35. The Hall–Kier alpha value is -0.920. The van der Waals surface area contributed by atoms with E-state index in [1.807, 2.05) is 0 Å². The van der Waals surface area contributed by atoms with Crippen molar-refractivity contribution in [2.24, 2.45) is 5.41 Å². The molecule has 0 aromatic carbocycles. The van der Waals surface area contributed by atoms with Crippen LogP contribution >= 0.6 is 11.3 Å². The number of nitrogens with zero attached hydrogens (tertiary/aromatic N) is 1. The number of aromatic carboxylic acids is 1. The van der Waals surface area contributed by atoms with Crippen molar-refractivity contribution >= 4 is 27.3 Å². The van der Waals surface area contributed by atoms with E-state index < -0.39 is 16.0 Å². The van der Waals surface area contributed by atoms with E-state index in [9.17, 15) is 13.2 Å². The Balaban J connectivity index is 2.29. The largest absolute Gasteiger partial charge is 0.477 e. The fourth-order valence-electron chi connectivity index (χ4n) is 2.13. The zero-order chi connectivity index (χ0) is 14.3. The first-order valence-electron chi connectivity index (χ1n) is 6.05. The van der Waals surface area contributed by atoms with Gasteiger partial charge < -0.3 is 5.11 Å². The van der Waals surface area contributed by atoms with Crippen molar-refractivity contribution in [3.63, 3.8) is 0 Å². The molecule has 7 heteroatoms. The SMILES string of the molecule is CC1(C)CCN(S(=O)(=O)c2ccsc2C(=O)O)CC1. The third-order valence-corrected chi connectivity index (χ3v) is 6.49. The van der Waals surface area contributed by atoms with Crippen LogP contribution in [0.4, 0.5) is 0 Å². The molecule has 5 nitrogen and oxygen atoms in total. The molecule has 1 aliphatic rings. The Kier molecular flexibility index (Phi) is 3.72. The summed E-state index contributed by atoms with van der Waals surface area (Å²) in [5, 5.41) is 10.5. The molecular formula is C12H17NO4S2. The predicted octanol–water partition coefficient (Wildman–Crippen LogP) is 2.26. The third-order valence-electron chi connectivity index (χ3n) is 3.52. The minimum absolute atomic E-state index is 0.0790. The summed E-state index contributed by atoms with van der Waals surface area (Å²) in [6, 6.07) is 1.38. The van der Waals surface area contributed by atoms with Gasteiger partial charge in [0.25, 0.3) is 0 Å². The van der Waals surface area contributed by atoms with Gasteiger partial charge >= 0.3 is 5.97 Å². The summed E-state index contributed by atoms with van der Waals surface area (Å²) >= 11 is 0.943. The predicted molar refractivity (Wildman–Crippen MR) is 73.1 cm³/mol. The first-order chi connectivity index (χ1) is 8.74. The van der Waals surface area contributed by atoms with Crippen LogP contribution in [0.5, 0.6) is 0 Å². The van der Waals surface area contributed by atoms with Crippen molar-refractivity contribution in [3.8, 4) is 0 Å². The van der Waals surface area contributed by atoms with Crippen LogP contribution in [-0.4, -0.2) is 36.9 Å². The number of hydrogen-bond acceptors (Lipinski definition) is 4. The quantitative estimate of drug-likeness (QED) is 0.929. The molecule has 0 amide bonds. The monoisotopic (exact) mass is 303 g/mol. The second-order valence-corrected chi connectivity index (χ2v) is 8.31. The van der Waals surface area contributed by atoms with E-state index in [1.165, 1.54) is 15.8 Å². The van der Waals surface area contributed by atoms with Gasteiger partial charge in [-0.1, -0.05) is 13.8 Å². The van der Waals surface area contributed by atoms with Crippen molar-refractivity contribution in [2.45, 2.75) is 31.6 Å². The molecule has 0 bridgehead atoms. The van der Waals surface area contributed by atoms with E-state index in [-0.39, 0.29) is 15.2 Å². The maximum absolute atomic E-state index is 12.5. The highest BCUT2D eigenvalue weighted by atomic mass is 32.2. The Morgan fingerprint density at radius 1 is 1.37 bits per heavy atom. The van der Waals surface area contributed by atoms with Gasteiger partial charge in [0.15, 0.2) is 0 Å². The van der Waals surface area contributed by atoms with Crippen LogP contribution in [0.25, 0.3) is 0 Å². The van der Waals surface area contributed by atoms with E-state index in [0.717, 1.165) is 24.2 Å². The number of carbonyl (C=O) groups is 1. The average Bonchev–Trinajstić information content (AvgIpc) is 2.77. The summed E-state index contributed by atoms with van der Waals surface area (Å²) in [5.74, 6) is -1.19. The summed E-state index contributed by atoms with van der Waals surface area (Å²) in [6.45, 7) is 5.13. The van der Waals surface area contributed by atoms with E-state index in [0.29, 0.717) is 13.1 Å². The second-order valence-electron chi connectivity index (χ2n) is 5.49. The van der Waals surface area contributed by atoms with Gasteiger partial charge in [-0.25, -0.2) is 13.2 Å². The average molecular weight is 303 g/mol. The summed E-state index contributed by atoms with van der Waals surface area (Å²) in [5.41, 5.74) is 0.149. The fraction of sp³-hybridized carbons (Fsp3) is 0.583. The topological polar surface area (TPSA) is 74.7 Å². The maximum atomic E-state index is 12.5. The minimum atomic E-state index is -3.68. The first kappa shape index (κ1) is 14.5. The lowest BCUT2D eigenvalue weighted by atomic mass is 9.83. The Labute approximate surface area is 116 Å². The van der Waals surface area contributed by atoms with Gasteiger partial charge in [0.05, 0.1) is 0 Å². The molecule has 0 spiro atoms. The Morgan fingerprint density at radius 3 is 2.47 bits per heavy atom. The molecule has 1 aliphatic heterocycles. The lowest BCUT2D eigenvalue weighted by Crippen LogP contribution is -2.41. The Bertz CT molecular complexity index is 579. The van der Waals surface area contributed by atoms with Gasteiger partial charge in [-0.15, -0.1) is 11.3 Å². The van der Waals surface area contributed by atoms with E-state index in [4.69, 9.17) is 5.11 Å². The Morgan fingerprint density at radius 2 is 1.95 bits per heavy atom. The fourth-order valence-corrected chi connectivity index (χ4v) is 4.80. The van der Waals surface area contributed by atoms with Crippen LogP contribution in [0.2, 0.25) is 0 Å². The number of carboxylic acid groups (broad SMARTS) is 1. The van der Waals surface area contributed by atoms with Gasteiger partial charge in [-0.2, -0.15) is 4.31 Å². The molecule has 0 radical (unpaired) electrons. The molecule has 0 atom stereocenters. The summed E-state index contributed by atoms with van der Waals surface area (Å²) in [4.78, 5) is 10.9. The highest BCUT2D eigenvalue weighted by Crippen LogP contribution is 2.33. The molecule has 2 heterocycles. The molecule has 0 saturated carbocycles. The zero-order valence-corrected chi connectivity index (χ0v) is 12.6. The van der Waals surface area contributed by atoms with Crippen molar-refractivity contribution in [1.82, 2.24) is 4.31 Å². The normalized spacial score (nSPS) is 20.3. The van der Waals surface area contributed by atoms with E-state index in [2.05, 4.69) is 13.8 Å². The minimum Gasteiger partial charge on any atom is -0.477 e. The number of thiophene rings is 1. The molecule has 106 valence electrons. The molecule has 1 aromatic rings. The molecule has 1 saturated heterocycles.